The Morgan fingerprint density at radius 2 is 2.08 bits per heavy atom. The number of carbonyl (C=O) groups excluding carboxylic acids is 1. The van der Waals surface area contributed by atoms with Crippen LogP contribution < -0.4 is 10.1 Å². The fourth-order valence-corrected chi connectivity index (χ4v) is 2.09. The van der Waals surface area contributed by atoms with Gasteiger partial charge in [-0.05, 0) is 12.1 Å². The summed E-state index contributed by atoms with van der Waals surface area (Å²) in [6, 6.07) is 4.82. The number of ether oxygens (including phenoxy) is 1. The van der Waals surface area contributed by atoms with Crippen molar-refractivity contribution < 1.29 is 14.1 Å². The van der Waals surface area contributed by atoms with Crippen LogP contribution in [0, 0.1) is 0 Å². The second kappa shape index (κ2) is 7.85. The van der Waals surface area contributed by atoms with Gasteiger partial charge in [-0.25, -0.2) is 0 Å². The predicted octanol–water partition coefficient (Wildman–Crippen LogP) is 3.41. The predicted molar refractivity (Wildman–Crippen MR) is 91.7 cm³/mol. The number of aromatic nitrogens is 2. The van der Waals surface area contributed by atoms with Crippen LogP contribution in [0.15, 0.2) is 22.7 Å². The van der Waals surface area contributed by atoms with Crippen LogP contribution in [-0.2, 0) is 16.6 Å². The van der Waals surface area contributed by atoms with Crippen LogP contribution in [0.2, 0.25) is 10.0 Å². The zero-order valence-corrected chi connectivity index (χ0v) is 15.2. The summed E-state index contributed by atoms with van der Waals surface area (Å²) in [6.07, 6.45) is 0.475. The minimum Gasteiger partial charge on any atom is -0.482 e. The van der Waals surface area contributed by atoms with Gasteiger partial charge >= 0.3 is 0 Å². The van der Waals surface area contributed by atoms with Gasteiger partial charge in [-0.15, -0.1) is 0 Å². The van der Waals surface area contributed by atoms with E-state index in [1.54, 1.807) is 18.2 Å². The number of halogens is 2. The van der Waals surface area contributed by atoms with Crippen LogP contribution in [0.5, 0.6) is 5.75 Å². The number of amides is 1. The highest BCUT2D eigenvalue weighted by Crippen LogP contribution is 2.27. The van der Waals surface area contributed by atoms with Gasteiger partial charge in [0.25, 0.3) is 5.91 Å². The molecule has 24 heavy (non-hydrogen) atoms. The van der Waals surface area contributed by atoms with Gasteiger partial charge in [-0.2, -0.15) is 4.98 Å². The molecule has 0 radical (unpaired) electrons. The van der Waals surface area contributed by atoms with Crippen LogP contribution >= 0.6 is 23.2 Å². The lowest BCUT2D eigenvalue weighted by Crippen LogP contribution is -2.30. The lowest BCUT2D eigenvalue weighted by Gasteiger charge is -2.10. The van der Waals surface area contributed by atoms with E-state index < -0.39 is 0 Å². The van der Waals surface area contributed by atoms with Gasteiger partial charge in [0.15, 0.2) is 12.4 Å². The van der Waals surface area contributed by atoms with Gasteiger partial charge in [-0.3, -0.25) is 4.79 Å². The van der Waals surface area contributed by atoms with Gasteiger partial charge in [0.2, 0.25) is 5.89 Å². The molecule has 0 fully saturated rings. The van der Waals surface area contributed by atoms with Gasteiger partial charge in [0.1, 0.15) is 5.75 Å². The molecule has 1 N–H and O–H groups in total. The molecule has 0 saturated carbocycles. The first-order valence-electron chi connectivity index (χ1n) is 7.43. The maximum absolute atomic E-state index is 11.8. The van der Waals surface area contributed by atoms with Gasteiger partial charge in [0, 0.05) is 29.5 Å². The minimum absolute atomic E-state index is 0.153. The van der Waals surface area contributed by atoms with Crippen molar-refractivity contribution in [1.82, 2.24) is 15.5 Å². The largest absolute Gasteiger partial charge is 0.482 e. The van der Waals surface area contributed by atoms with Crippen LogP contribution in [0.4, 0.5) is 0 Å². The smallest absolute Gasteiger partial charge is 0.257 e. The summed E-state index contributed by atoms with van der Waals surface area (Å²) in [5, 5.41) is 7.50. The topological polar surface area (TPSA) is 77.2 Å². The van der Waals surface area contributed by atoms with E-state index in [9.17, 15) is 4.79 Å². The standard InChI is InChI=1S/C16H19Cl2N3O3/c1-16(2,3)15-20-13(21-24-15)6-7-19-14(22)9-23-12-8-10(17)4-5-11(12)18/h4-5,8H,6-7,9H2,1-3H3,(H,19,22). The summed E-state index contributed by atoms with van der Waals surface area (Å²) in [5.74, 6) is 1.22. The molecule has 8 heteroatoms. The SMILES string of the molecule is CC(C)(C)c1nc(CCNC(=O)COc2cc(Cl)ccc2Cl)no1. The molecule has 1 heterocycles. The Morgan fingerprint density at radius 3 is 2.75 bits per heavy atom. The van der Waals surface area contributed by atoms with E-state index in [0.717, 1.165) is 0 Å². The van der Waals surface area contributed by atoms with Crippen LogP contribution in [0.1, 0.15) is 32.5 Å². The van der Waals surface area contributed by atoms with E-state index in [1.807, 2.05) is 20.8 Å². The van der Waals surface area contributed by atoms with Crippen LogP contribution in [-0.4, -0.2) is 29.2 Å². The number of hydrogen-bond acceptors (Lipinski definition) is 5. The first kappa shape index (κ1) is 18.5. The van der Waals surface area contributed by atoms with E-state index in [2.05, 4.69) is 15.5 Å². The van der Waals surface area contributed by atoms with Crippen molar-refractivity contribution >= 4 is 29.1 Å². The fraction of sp³-hybridized carbons (Fsp3) is 0.438. The lowest BCUT2D eigenvalue weighted by molar-refractivity contribution is -0.123. The number of benzene rings is 1. The third-order valence-corrected chi connectivity index (χ3v) is 3.58. The second-order valence-electron chi connectivity index (χ2n) is 6.23. The van der Waals surface area contributed by atoms with E-state index in [-0.39, 0.29) is 17.9 Å². The highest BCUT2D eigenvalue weighted by molar-refractivity contribution is 6.34. The van der Waals surface area contributed by atoms with Crippen molar-refractivity contribution in [3.8, 4) is 5.75 Å². The van der Waals surface area contributed by atoms with E-state index in [1.165, 1.54) is 0 Å². The Hall–Kier alpha value is -1.79. The number of carbonyl (C=O) groups is 1. The molecule has 0 aliphatic rings. The summed E-state index contributed by atoms with van der Waals surface area (Å²) in [6.45, 7) is 6.20. The first-order chi connectivity index (χ1) is 11.3. The Labute approximate surface area is 150 Å². The highest BCUT2D eigenvalue weighted by atomic mass is 35.5. The Kier molecular flexibility index (Phi) is 6.07. The fourth-order valence-electron chi connectivity index (χ4n) is 1.76. The third-order valence-electron chi connectivity index (χ3n) is 3.03. The molecule has 130 valence electrons. The van der Waals surface area contributed by atoms with E-state index in [0.29, 0.717) is 40.5 Å². The zero-order chi connectivity index (χ0) is 17.7. The van der Waals surface area contributed by atoms with Crippen molar-refractivity contribution in [2.75, 3.05) is 13.2 Å². The average molecular weight is 372 g/mol. The zero-order valence-electron chi connectivity index (χ0n) is 13.7. The molecule has 1 amide bonds. The molecular formula is C16H19Cl2N3O3. The Bertz CT molecular complexity index is 711. The molecule has 1 aromatic heterocycles. The molecular weight excluding hydrogens is 353 g/mol. The Balaban J connectivity index is 1.75. The molecule has 2 rings (SSSR count). The second-order valence-corrected chi connectivity index (χ2v) is 7.07. The van der Waals surface area contributed by atoms with Crippen molar-refractivity contribution in [2.45, 2.75) is 32.6 Å². The van der Waals surface area contributed by atoms with Crippen molar-refractivity contribution in [3.05, 3.63) is 40.0 Å². The molecule has 0 bridgehead atoms. The van der Waals surface area contributed by atoms with Crippen molar-refractivity contribution in [2.24, 2.45) is 0 Å². The molecule has 6 nitrogen and oxygen atoms in total. The van der Waals surface area contributed by atoms with Crippen molar-refractivity contribution in [1.29, 1.82) is 0 Å². The highest BCUT2D eigenvalue weighted by Gasteiger charge is 2.21. The summed E-state index contributed by atoms with van der Waals surface area (Å²) >= 11 is 11.8. The molecule has 0 aliphatic heterocycles. The molecule has 0 aliphatic carbocycles. The normalized spacial score (nSPS) is 11.4. The Morgan fingerprint density at radius 1 is 1.33 bits per heavy atom. The molecule has 2 aromatic rings. The van der Waals surface area contributed by atoms with Crippen LogP contribution in [0.25, 0.3) is 0 Å². The van der Waals surface area contributed by atoms with Gasteiger partial charge in [0.05, 0.1) is 5.02 Å². The monoisotopic (exact) mass is 371 g/mol. The third kappa shape index (κ3) is 5.39. The molecule has 0 saturated heterocycles. The van der Waals surface area contributed by atoms with Crippen LogP contribution in [0.3, 0.4) is 0 Å². The summed E-state index contributed by atoms with van der Waals surface area (Å²) in [5.41, 5.74) is -0.196. The first-order valence-corrected chi connectivity index (χ1v) is 8.19. The minimum atomic E-state index is -0.273. The number of nitrogens with zero attached hydrogens (tertiary/aromatic N) is 2. The quantitative estimate of drug-likeness (QED) is 0.841. The average Bonchev–Trinajstić information content (AvgIpc) is 2.97. The maximum atomic E-state index is 11.8. The summed E-state index contributed by atoms with van der Waals surface area (Å²) in [7, 11) is 0. The van der Waals surface area contributed by atoms with E-state index in [4.69, 9.17) is 32.5 Å². The lowest BCUT2D eigenvalue weighted by atomic mass is 9.97. The summed E-state index contributed by atoms with van der Waals surface area (Å²) < 4.78 is 10.5. The number of nitrogens with one attached hydrogen (secondary N) is 1. The molecule has 1 aromatic carbocycles. The van der Waals surface area contributed by atoms with Gasteiger partial charge < -0.3 is 14.6 Å². The molecule has 0 spiro atoms. The maximum Gasteiger partial charge on any atom is 0.257 e. The van der Waals surface area contributed by atoms with Crippen molar-refractivity contribution in [3.63, 3.8) is 0 Å². The molecule has 0 unspecified atom stereocenters. The summed E-state index contributed by atoms with van der Waals surface area (Å²) in [4.78, 5) is 16.1. The number of rotatable bonds is 6. The van der Waals surface area contributed by atoms with E-state index >= 15 is 0 Å². The molecule has 0 atom stereocenters. The number of hydrogen-bond donors (Lipinski definition) is 1. The van der Waals surface area contributed by atoms with Gasteiger partial charge in [-0.1, -0.05) is 49.1 Å².